The summed E-state index contributed by atoms with van der Waals surface area (Å²) in [6, 6.07) is 0. The maximum absolute atomic E-state index is 4.25. The van der Waals surface area contributed by atoms with Gasteiger partial charge in [0.05, 0.1) is 26.7 Å². The van der Waals surface area contributed by atoms with Crippen LogP contribution in [-0.2, 0) is 0 Å². The van der Waals surface area contributed by atoms with Crippen molar-refractivity contribution in [1.29, 1.82) is 0 Å². The van der Waals surface area contributed by atoms with Crippen molar-refractivity contribution in [2.75, 3.05) is 32.4 Å². The first kappa shape index (κ1) is 18.4. The van der Waals surface area contributed by atoms with Crippen molar-refractivity contribution in [3.8, 4) is 0 Å². The van der Waals surface area contributed by atoms with Crippen LogP contribution in [0.5, 0.6) is 0 Å². The summed E-state index contributed by atoms with van der Waals surface area (Å²) in [6.07, 6.45) is 18.8. The van der Waals surface area contributed by atoms with Crippen LogP contribution in [0.15, 0.2) is 0 Å². The third kappa shape index (κ3) is 9.28. The van der Waals surface area contributed by atoms with E-state index in [0.717, 1.165) is 5.75 Å². The zero-order valence-electron chi connectivity index (χ0n) is 13.9. The molecule has 1 heterocycles. The molecular weight excluding hydrogens is 262 g/mol. The number of likely N-dealkylation sites (tertiary alicyclic amines) is 1. The maximum Gasteiger partial charge on any atom is 0.0784 e. The van der Waals surface area contributed by atoms with Crippen molar-refractivity contribution in [3.63, 3.8) is 0 Å². The molecule has 1 aliphatic rings. The van der Waals surface area contributed by atoms with Gasteiger partial charge in [-0.15, -0.1) is 0 Å². The zero-order chi connectivity index (χ0) is 14.5. The van der Waals surface area contributed by atoms with Crippen molar-refractivity contribution in [3.05, 3.63) is 0 Å². The van der Waals surface area contributed by atoms with E-state index in [4.69, 9.17) is 0 Å². The van der Waals surface area contributed by atoms with Gasteiger partial charge in [0, 0.05) is 0 Å². The molecule has 20 heavy (non-hydrogen) atoms. The van der Waals surface area contributed by atoms with E-state index < -0.39 is 0 Å². The highest BCUT2D eigenvalue weighted by Crippen LogP contribution is 2.18. The van der Waals surface area contributed by atoms with E-state index >= 15 is 0 Å². The average molecular weight is 301 g/mol. The number of quaternary nitrogens is 1. The Kier molecular flexibility index (Phi) is 10.9. The summed E-state index contributed by atoms with van der Waals surface area (Å²) in [4.78, 5) is 0. The lowest BCUT2D eigenvalue weighted by Gasteiger charge is -2.37. The second-order valence-corrected chi connectivity index (χ2v) is 7.56. The SMILES string of the molecule is C[N+]1(CCCCCCCCCCCCS)CCCCC1. The lowest BCUT2D eigenvalue weighted by atomic mass is 10.0. The number of thiol groups is 1. The molecule has 1 saturated heterocycles. The molecule has 0 aromatic carbocycles. The Labute approximate surface area is 133 Å². The second-order valence-electron chi connectivity index (χ2n) is 7.11. The average Bonchev–Trinajstić information content (AvgIpc) is 2.45. The van der Waals surface area contributed by atoms with Gasteiger partial charge in [0.25, 0.3) is 0 Å². The van der Waals surface area contributed by atoms with Gasteiger partial charge in [-0.1, -0.05) is 44.9 Å². The van der Waals surface area contributed by atoms with Crippen LogP contribution in [0.2, 0.25) is 0 Å². The summed E-state index contributed by atoms with van der Waals surface area (Å²) in [7, 11) is 2.48. The predicted octanol–water partition coefficient (Wildman–Crippen LogP) is 5.45. The lowest BCUT2D eigenvalue weighted by molar-refractivity contribution is -0.914. The molecule has 0 spiro atoms. The quantitative estimate of drug-likeness (QED) is 0.277. The van der Waals surface area contributed by atoms with Gasteiger partial charge in [0.15, 0.2) is 0 Å². The first-order chi connectivity index (χ1) is 9.77. The van der Waals surface area contributed by atoms with Crippen LogP contribution < -0.4 is 0 Å². The van der Waals surface area contributed by atoms with Crippen molar-refractivity contribution < 1.29 is 4.48 Å². The lowest BCUT2D eigenvalue weighted by Crippen LogP contribution is -2.48. The first-order valence-corrected chi connectivity index (χ1v) is 9.84. The maximum atomic E-state index is 4.25. The topological polar surface area (TPSA) is 0 Å². The van der Waals surface area contributed by atoms with Crippen molar-refractivity contribution in [2.45, 2.75) is 83.5 Å². The number of rotatable bonds is 12. The van der Waals surface area contributed by atoms with E-state index in [1.165, 1.54) is 108 Å². The molecule has 0 atom stereocenters. The Morgan fingerprint density at radius 2 is 1.10 bits per heavy atom. The van der Waals surface area contributed by atoms with E-state index in [1.807, 2.05) is 0 Å². The van der Waals surface area contributed by atoms with Crippen LogP contribution in [0, 0.1) is 0 Å². The summed E-state index contributed by atoms with van der Waals surface area (Å²) in [6.45, 7) is 4.31. The summed E-state index contributed by atoms with van der Waals surface area (Å²) in [5.74, 6) is 1.07. The number of hydrogen-bond donors (Lipinski definition) is 1. The number of hydrogen-bond acceptors (Lipinski definition) is 1. The molecule has 0 saturated carbocycles. The molecule has 0 N–H and O–H groups in total. The van der Waals surface area contributed by atoms with Gasteiger partial charge >= 0.3 is 0 Å². The third-order valence-corrected chi connectivity index (χ3v) is 5.32. The summed E-state index contributed by atoms with van der Waals surface area (Å²) < 4.78 is 1.37. The van der Waals surface area contributed by atoms with Gasteiger partial charge in [-0.2, -0.15) is 12.6 Å². The molecular formula is C18H38NS+. The van der Waals surface area contributed by atoms with Crippen LogP contribution in [0.4, 0.5) is 0 Å². The number of piperidine rings is 1. The minimum Gasteiger partial charge on any atom is -0.326 e. The van der Waals surface area contributed by atoms with E-state index in [2.05, 4.69) is 19.7 Å². The monoisotopic (exact) mass is 300 g/mol. The van der Waals surface area contributed by atoms with Crippen molar-refractivity contribution in [2.24, 2.45) is 0 Å². The molecule has 2 heteroatoms. The molecule has 1 nitrogen and oxygen atoms in total. The largest absolute Gasteiger partial charge is 0.326 e. The Hall–Kier alpha value is 0.310. The summed E-state index contributed by atoms with van der Waals surface area (Å²) >= 11 is 4.25. The molecule has 0 radical (unpaired) electrons. The number of unbranched alkanes of at least 4 members (excludes halogenated alkanes) is 9. The van der Waals surface area contributed by atoms with E-state index in [1.54, 1.807) is 0 Å². The fourth-order valence-electron chi connectivity index (χ4n) is 3.52. The molecule has 0 bridgehead atoms. The third-order valence-electron chi connectivity index (χ3n) is 5.00. The van der Waals surface area contributed by atoms with Gasteiger partial charge in [-0.25, -0.2) is 0 Å². The van der Waals surface area contributed by atoms with Gasteiger partial charge < -0.3 is 4.48 Å². The minimum atomic E-state index is 1.07. The fraction of sp³-hybridized carbons (Fsp3) is 1.00. The van der Waals surface area contributed by atoms with E-state index in [9.17, 15) is 0 Å². The zero-order valence-corrected chi connectivity index (χ0v) is 14.8. The molecule has 0 aromatic rings. The van der Waals surface area contributed by atoms with Gasteiger partial charge in [0.1, 0.15) is 0 Å². The van der Waals surface area contributed by atoms with Gasteiger partial charge in [-0.3, -0.25) is 0 Å². The van der Waals surface area contributed by atoms with E-state index in [-0.39, 0.29) is 0 Å². The van der Waals surface area contributed by atoms with Crippen LogP contribution >= 0.6 is 12.6 Å². The van der Waals surface area contributed by atoms with Crippen LogP contribution in [0.3, 0.4) is 0 Å². The Morgan fingerprint density at radius 1 is 0.650 bits per heavy atom. The highest BCUT2D eigenvalue weighted by Gasteiger charge is 2.23. The summed E-state index contributed by atoms with van der Waals surface area (Å²) in [5, 5.41) is 0. The first-order valence-electron chi connectivity index (χ1n) is 9.21. The fourth-order valence-corrected chi connectivity index (χ4v) is 3.74. The van der Waals surface area contributed by atoms with Crippen LogP contribution in [-0.4, -0.2) is 36.9 Å². The Morgan fingerprint density at radius 3 is 1.60 bits per heavy atom. The van der Waals surface area contributed by atoms with E-state index in [0.29, 0.717) is 0 Å². The molecule has 1 fully saturated rings. The summed E-state index contributed by atoms with van der Waals surface area (Å²) in [5.41, 5.74) is 0. The number of nitrogens with zero attached hydrogens (tertiary/aromatic N) is 1. The molecule has 0 amide bonds. The van der Waals surface area contributed by atoms with Gasteiger partial charge in [-0.05, 0) is 44.3 Å². The van der Waals surface area contributed by atoms with Crippen molar-refractivity contribution in [1.82, 2.24) is 0 Å². The second kappa shape index (κ2) is 11.9. The predicted molar refractivity (Wildman–Crippen MR) is 94.7 cm³/mol. The normalized spacial score (nSPS) is 18.3. The molecule has 1 rings (SSSR count). The molecule has 0 aromatic heterocycles. The van der Waals surface area contributed by atoms with Crippen molar-refractivity contribution >= 4 is 12.6 Å². The Bertz CT molecular complexity index is 211. The highest BCUT2D eigenvalue weighted by molar-refractivity contribution is 7.80. The minimum absolute atomic E-state index is 1.07. The molecule has 0 aliphatic carbocycles. The smallest absolute Gasteiger partial charge is 0.0784 e. The standard InChI is InChI=1S/C18H37NS/c1-19(16-12-10-13-17-19)15-11-8-6-4-2-3-5-7-9-14-18-20/h2-18H2,1H3/p+1. The Balaban J connectivity index is 1.80. The van der Waals surface area contributed by atoms with Crippen LogP contribution in [0.1, 0.15) is 83.5 Å². The molecule has 1 aliphatic heterocycles. The van der Waals surface area contributed by atoms with Crippen LogP contribution in [0.25, 0.3) is 0 Å². The highest BCUT2D eigenvalue weighted by atomic mass is 32.1. The van der Waals surface area contributed by atoms with Gasteiger partial charge in [0.2, 0.25) is 0 Å². The molecule has 0 unspecified atom stereocenters. The molecule has 120 valence electrons.